The molecule has 0 radical (unpaired) electrons. The fourth-order valence-electron chi connectivity index (χ4n) is 1.18. The number of carbonyl (C=O) groups is 1. The van der Waals surface area contributed by atoms with Gasteiger partial charge in [-0.25, -0.2) is 0 Å². The highest BCUT2D eigenvalue weighted by molar-refractivity contribution is 6.44. The lowest BCUT2D eigenvalue weighted by Gasteiger charge is -2.06. The summed E-state index contributed by atoms with van der Waals surface area (Å²) in [6.07, 6.45) is 0.588. The second-order valence-corrected chi connectivity index (χ2v) is 3.38. The molecule has 0 heterocycles. The number of ether oxygens (including phenoxy) is 1. The Kier molecular flexibility index (Phi) is 4.66. The third kappa shape index (κ3) is 3.47. The van der Waals surface area contributed by atoms with Crippen LogP contribution in [0.5, 0.6) is 5.75 Å². The number of hydrogen-bond acceptors (Lipinski definition) is 4. The molecule has 4 nitrogen and oxygen atoms in total. The van der Waals surface area contributed by atoms with Crippen molar-refractivity contribution in [3.8, 4) is 5.75 Å². The van der Waals surface area contributed by atoms with Gasteiger partial charge in [0.15, 0.2) is 5.78 Å². The summed E-state index contributed by atoms with van der Waals surface area (Å²) >= 11 is 0. The molecule has 0 aromatic heterocycles. The normalized spacial score (nSPS) is 9.88. The van der Waals surface area contributed by atoms with E-state index in [0.717, 1.165) is 0 Å². The molecule has 0 unspecified atom stereocenters. The first-order chi connectivity index (χ1) is 7.65. The molecule has 0 saturated heterocycles. The quantitative estimate of drug-likeness (QED) is 0.563. The molecule has 0 aliphatic rings. The van der Waals surface area contributed by atoms with Gasteiger partial charge >= 0.3 is 0 Å². The topological polar surface area (TPSA) is 70.4 Å². The third-order valence-corrected chi connectivity index (χ3v) is 2.07. The van der Waals surface area contributed by atoms with Gasteiger partial charge in [-0.3, -0.25) is 10.2 Å². The van der Waals surface area contributed by atoms with Gasteiger partial charge in [-0.1, -0.05) is 0 Å². The zero-order valence-electron chi connectivity index (χ0n) is 9.19. The van der Waals surface area contributed by atoms with E-state index >= 15 is 0 Å². The molecule has 0 bridgehead atoms. The van der Waals surface area contributed by atoms with Crippen molar-refractivity contribution < 1.29 is 14.6 Å². The van der Waals surface area contributed by atoms with Crippen LogP contribution < -0.4 is 4.74 Å². The average molecular weight is 221 g/mol. The summed E-state index contributed by atoms with van der Waals surface area (Å²) in [6.45, 7) is 1.93. The first-order valence-electron chi connectivity index (χ1n) is 5.08. The highest BCUT2D eigenvalue weighted by Gasteiger charge is 2.06. The number of carbonyl (C=O) groups excluding carboxylic acids is 1. The van der Waals surface area contributed by atoms with Crippen LogP contribution in [0.15, 0.2) is 24.3 Å². The lowest BCUT2D eigenvalue weighted by Crippen LogP contribution is -2.09. The van der Waals surface area contributed by atoms with Crippen molar-refractivity contribution in [1.29, 1.82) is 5.41 Å². The average Bonchev–Trinajstić information content (AvgIpc) is 2.29. The van der Waals surface area contributed by atoms with Crippen molar-refractivity contribution in [2.75, 3.05) is 13.2 Å². The number of aliphatic hydroxyl groups excluding tert-OH is 1. The maximum absolute atomic E-state index is 11.0. The zero-order valence-corrected chi connectivity index (χ0v) is 9.19. The minimum Gasteiger partial charge on any atom is -0.494 e. The Morgan fingerprint density at radius 2 is 2.00 bits per heavy atom. The lowest BCUT2D eigenvalue weighted by molar-refractivity contribution is -0.111. The highest BCUT2D eigenvalue weighted by Crippen LogP contribution is 2.13. The summed E-state index contributed by atoms with van der Waals surface area (Å²) in [7, 11) is 0. The van der Waals surface area contributed by atoms with E-state index in [2.05, 4.69) is 0 Å². The van der Waals surface area contributed by atoms with Crippen LogP contribution in [-0.2, 0) is 4.79 Å². The molecule has 0 fully saturated rings. The first-order valence-corrected chi connectivity index (χ1v) is 5.08. The van der Waals surface area contributed by atoms with E-state index in [0.29, 0.717) is 24.3 Å². The molecule has 0 amide bonds. The van der Waals surface area contributed by atoms with Crippen LogP contribution in [0.1, 0.15) is 18.9 Å². The molecule has 0 aliphatic heterocycles. The molecular weight excluding hydrogens is 206 g/mol. The monoisotopic (exact) mass is 221 g/mol. The van der Waals surface area contributed by atoms with Gasteiger partial charge in [0.05, 0.1) is 6.61 Å². The summed E-state index contributed by atoms with van der Waals surface area (Å²) in [4.78, 5) is 11.0. The predicted octanol–water partition coefficient (Wildman–Crippen LogP) is 1.40. The van der Waals surface area contributed by atoms with E-state index < -0.39 is 0 Å². The van der Waals surface area contributed by atoms with Crippen molar-refractivity contribution in [2.24, 2.45) is 0 Å². The molecular formula is C12H15NO3. The number of ketones is 1. The van der Waals surface area contributed by atoms with Crippen molar-refractivity contribution in [1.82, 2.24) is 0 Å². The van der Waals surface area contributed by atoms with Crippen molar-refractivity contribution in [2.45, 2.75) is 13.3 Å². The van der Waals surface area contributed by atoms with E-state index in [1.807, 2.05) is 0 Å². The van der Waals surface area contributed by atoms with E-state index in [1.165, 1.54) is 6.92 Å². The van der Waals surface area contributed by atoms with Gasteiger partial charge in [0.1, 0.15) is 11.5 Å². The van der Waals surface area contributed by atoms with Crippen LogP contribution in [0.2, 0.25) is 0 Å². The number of aliphatic hydroxyl groups is 1. The molecule has 0 saturated carbocycles. The molecule has 4 heteroatoms. The first kappa shape index (κ1) is 12.4. The summed E-state index contributed by atoms with van der Waals surface area (Å²) in [5.41, 5.74) is 0.587. The smallest absolute Gasteiger partial charge is 0.177 e. The molecule has 2 N–H and O–H groups in total. The van der Waals surface area contributed by atoms with Crippen LogP contribution in [0.25, 0.3) is 0 Å². The Labute approximate surface area is 94.4 Å². The molecule has 86 valence electrons. The van der Waals surface area contributed by atoms with Crippen LogP contribution in [0.3, 0.4) is 0 Å². The number of nitrogens with one attached hydrogen (secondary N) is 1. The Balaban J connectivity index is 2.61. The van der Waals surface area contributed by atoms with Gasteiger partial charge in [-0.05, 0) is 24.3 Å². The summed E-state index contributed by atoms with van der Waals surface area (Å²) < 4.78 is 5.33. The fraction of sp³-hybridized carbons (Fsp3) is 0.333. The van der Waals surface area contributed by atoms with Gasteiger partial charge in [0.25, 0.3) is 0 Å². The Hall–Kier alpha value is -1.68. The predicted molar refractivity (Wildman–Crippen MR) is 61.1 cm³/mol. The third-order valence-electron chi connectivity index (χ3n) is 2.07. The molecule has 0 aliphatic carbocycles. The summed E-state index contributed by atoms with van der Waals surface area (Å²) in [5, 5.41) is 16.1. The number of benzene rings is 1. The van der Waals surface area contributed by atoms with Crippen LogP contribution in [-0.4, -0.2) is 29.8 Å². The van der Waals surface area contributed by atoms with Gasteiger partial charge in [-0.15, -0.1) is 0 Å². The zero-order chi connectivity index (χ0) is 12.0. The van der Waals surface area contributed by atoms with Crippen LogP contribution >= 0.6 is 0 Å². The fourth-order valence-corrected chi connectivity index (χ4v) is 1.18. The number of rotatable bonds is 6. The van der Waals surface area contributed by atoms with Crippen molar-refractivity contribution in [3.63, 3.8) is 0 Å². The molecule has 0 spiro atoms. The minimum atomic E-state index is -0.256. The maximum atomic E-state index is 11.0. The van der Waals surface area contributed by atoms with Crippen LogP contribution in [0, 0.1) is 5.41 Å². The molecule has 1 rings (SSSR count). The Bertz CT molecular complexity index is 370. The van der Waals surface area contributed by atoms with Gasteiger partial charge in [-0.2, -0.15) is 0 Å². The highest BCUT2D eigenvalue weighted by atomic mass is 16.5. The van der Waals surface area contributed by atoms with E-state index in [9.17, 15) is 4.79 Å². The molecule has 16 heavy (non-hydrogen) atoms. The lowest BCUT2D eigenvalue weighted by atomic mass is 10.1. The van der Waals surface area contributed by atoms with Crippen molar-refractivity contribution in [3.05, 3.63) is 29.8 Å². The van der Waals surface area contributed by atoms with Gasteiger partial charge in [0.2, 0.25) is 0 Å². The van der Waals surface area contributed by atoms with E-state index in [1.54, 1.807) is 24.3 Å². The summed E-state index contributed by atoms with van der Waals surface area (Å²) in [5.74, 6) is 0.419. The second kappa shape index (κ2) is 6.02. The van der Waals surface area contributed by atoms with E-state index in [-0.39, 0.29) is 18.1 Å². The Morgan fingerprint density at radius 1 is 1.38 bits per heavy atom. The molecule has 1 aromatic carbocycles. The SMILES string of the molecule is CC(=O)C(=N)c1ccc(OCCCO)cc1. The van der Waals surface area contributed by atoms with E-state index in [4.69, 9.17) is 15.3 Å². The largest absolute Gasteiger partial charge is 0.494 e. The van der Waals surface area contributed by atoms with Gasteiger partial charge in [0, 0.05) is 25.5 Å². The standard InChI is InChI=1S/C12H15NO3/c1-9(15)12(13)10-3-5-11(6-4-10)16-8-2-7-14/h3-6,13-14H,2,7-8H2,1H3. The minimum absolute atomic E-state index is 0.00177. The molecule has 1 aromatic rings. The van der Waals surface area contributed by atoms with Crippen LogP contribution in [0.4, 0.5) is 0 Å². The number of hydrogen-bond donors (Lipinski definition) is 2. The maximum Gasteiger partial charge on any atom is 0.177 e. The molecule has 0 atom stereocenters. The number of Topliss-reactive ketones (excluding diaryl/α,β-unsaturated/α-hetero) is 1. The van der Waals surface area contributed by atoms with Crippen molar-refractivity contribution >= 4 is 11.5 Å². The second-order valence-electron chi connectivity index (χ2n) is 3.38. The van der Waals surface area contributed by atoms with Gasteiger partial charge < -0.3 is 9.84 Å². The summed E-state index contributed by atoms with van der Waals surface area (Å²) in [6, 6.07) is 6.78. The Morgan fingerprint density at radius 3 is 2.50 bits per heavy atom.